The fraction of sp³-hybridized carbons (Fsp3) is 0.0345. The number of hydrogen-bond donors (Lipinski definition) is 2. The molecule has 250 valence electrons. The van der Waals surface area contributed by atoms with E-state index in [0.29, 0.717) is 24.3 Å². The Morgan fingerprint density at radius 2 is 0.625 bits per heavy atom. The van der Waals surface area contributed by atoms with Gasteiger partial charge >= 0.3 is 0 Å². The van der Waals surface area contributed by atoms with Crippen LogP contribution in [0.15, 0.2) is 24.3 Å². The molecule has 0 unspecified atom stereocenters. The smallest absolute Gasteiger partial charge is 0.215 e. The van der Waals surface area contributed by atoms with Gasteiger partial charge in [0.2, 0.25) is 29.0 Å². The van der Waals surface area contributed by atoms with E-state index in [4.69, 9.17) is 0 Å². The maximum absolute atomic E-state index is 15.0. The normalized spacial score (nSPS) is 11.6. The molecule has 5 rings (SSSR count). The van der Waals surface area contributed by atoms with Crippen LogP contribution in [0.5, 0.6) is 0 Å². The molecular weight excluding hydrogens is 693 g/mol. The van der Waals surface area contributed by atoms with Gasteiger partial charge in [0.15, 0.2) is 69.8 Å². The zero-order valence-corrected chi connectivity index (χ0v) is 22.4. The maximum Gasteiger partial charge on any atom is 0.215 e. The van der Waals surface area contributed by atoms with E-state index < -0.39 is 144 Å². The van der Waals surface area contributed by atoms with Crippen molar-refractivity contribution in [2.45, 2.75) is 5.92 Å². The van der Waals surface area contributed by atoms with Gasteiger partial charge in [0, 0.05) is 17.0 Å². The van der Waals surface area contributed by atoms with Gasteiger partial charge in [-0.25, -0.2) is 65.9 Å². The molecule has 0 bridgehead atoms. The van der Waals surface area contributed by atoms with Crippen molar-refractivity contribution in [1.82, 2.24) is 9.97 Å². The van der Waals surface area contributed by atoms with E-state index in [9.17, 15) is 66.7 Å². The van der Waals surface area contributed by atoms with Crippen LogP contribution in [0.2, 0.25) is 0 Å². The van der Waals surface area contributed by atoms with Gasteiger partial charge in [0.1, 0.15) is 11.1 Å². The standard InChI is InChI=1S/C29H7F15N2O2/c30-13-10(14(31)20(37)25(42)19(13)36)9(5-1-3-7(45-5)28(47)11-15(32)21(38)26(43)22(39)16(11)33)6-2-4-8(46-6)29(48)12-17(34)23(40)27(44)24(41)18(12)35/h1-4,9,45-46H. The van der Waals surface area contributed by atoms with Gasteiger partial charge in [-0.3, -0.25) is 9.59 Å². The second kappa shape index (κ2) is 11.9. The van der Waals surface area contributed by atoms with Crippen LogP contribution in [0, 0.1) is 87.3 Å². The Labute approximate surface area is 254 Å². The van der Waals surface area contributed by atoms with Crippen molar-refractivity contribution >= 4 is 11.6 Å². The molecule has 5 aromatic rings. The molecule has 3 aromatic carbocycles. The zero-order valence-electron chi connectivity index (χ0n) is 22.4. The van der Waals surface area contributed by atoms with Crippen molar-refractivity contribution in [3.8, 4) is 0 Å². The predicted octanol–water partition coefficient (Wildman–Crippen LogP) is 8.07. The molecule has 0 atom stereocenters. The lowest BCUT2D eigenvalue weighted by atomic mass is 9.91. The number of nitrogens with one attached hydrogen (secondary N) is 2. The van der Waals surface area contributed by atoms with Crippen LogP contribution in [0.4, 0.5) is 65.9 Å². The van der Waals surface area contributed by atoms with Crippen LogP contribution in [0.3, 0.4) is 0 Å². The first kappa shape index (κ1) is 33.9. The van der Waals surface area contributed by atoms with E-state index in [-0.39, 0.29) is 0 Å². The van der Waals surface area contributed by atoms with Crippen molar-refractivity contribution in [1.29, 1.82) is 0 Å². The number of H-pyrrole nitrogens is 2. The number of carbonyl (C=O) groups excluding carboxylic acids is 2. The van der Waals surface area contributed by atoms with E-state index in [2.05, 4.69) is 0 Å². The quantitative estimate of drug-likeness (QED) is 0.0781. The number of ketones is 2. The van der Waals surface area contributed by atoms with Gasteiger partial charge in [0.05, 0.1) is 17.3 Å². The Morgan fingerprint density at radius 3 is 0.917 bits per heavy atom. The van der Waals surface area contributed by atoms with E-state index in [1.807, 2.05) is 9.97 Å². The molecule has 19 heteroatoms. The third-order valence-corrected chi connectivity index (χ3v) is 6.93. The molecule has 0 aliphatic rings. The zero-order chi connectivity index (χ0) is 35.7. The Kier molecular flexibility index (Phi) is 8.43. The number of hydrogen-bond acceptors (Lipinski definition) is 2. The van der Waals surface area contributed by atoms with Crippen molar-refractivity contribution in [3.63, 3.8) is 0 Å². The third-order valence-electron chi connectivity index (χ3n) is 6.93. The van der Waals surface area contributed by atoms with Gasteiger partial charge in [-0.2, -0.15) is 0 Å². The summed E-state index contributed by atoms with van der Waals surface area (Å²) in [4.78, 5) is 29.5. The number of aromatic nitrogens is 2. The first-order valence-corrected chi connectivity index (χ1v) is 12.4. The Morgan fingerprint density at radius 1 is 0.375 bits per heavy atom. The largest absolute Gasteiger partial charge is 0.355 e. The average molecular weight is 700 g/mol. The SMILES string of the molecule is O=C(c1ccc(C(c2ccc(C(=O)c3c(F)c(F)c(F)c(F)c3F)[nH]2)c2c(F)c(F)c(F)c(F)c2F)[nH]1)c1c(F)c(F)c(F)c(F)c1F. The highest BCUT2D eigenvalue weighted by Gasteiger charge is 2.37. The van der Waals surface area contributed by atoms with E-state index in [0.717, 1.165) is 0 Å². The molecule has 0 amide bonds. The summed E-state index contributed by atoms with van der Waals surface area (Å²) >= 11 is 0. The summed E-state index contributed by atoms with van der Waals surface area (Å²) in [6.07, 6.45) is 0. The number of aromatic amines is 2. The number of halogens is 15. The molecule has 0 spiro atoms. The fourth-order valence-electron chi connectivity index (χ4n) is 4.66. The number of carbonyl (C=O) groups is 2. The minimum absolute atomic E-state index is 0.526. The molecule has 0 saturated heterocycles. The van der Waals surface area contributed by atoms with Gasteiger partial charge in [-0.05, 0) is 24.3 Å². The van der Waals surface area contributed by atoms with Crippen molar-refractivity contribution in [2.24, 2.45) is 0 Å². The van der Waals surface area contributed by atoms with Crippen LogP contribution < -0.4 is 0 Å². The van der Waals surface area contributed by atoms with Crippen LogP contribution in [-0.2, 0) is 0 Å². The highest BCUT2D eigenvalue weighted by molar-refractivity contribution is 6.09. The monoisotopic (exact) mass is 700 g/mol. The van der Waals surface area contributed by atoms with Crippen molar-refractivity contribution in [2.75, 3.05) is 0 Å². The highest BCUT2D eigenvalue weighted by Crippen LogP contribution is 2.38. The third kappa shape index (κ3) is 5.00. The number of benzene rings is 3. The minimum atomic E-state index is -2.66. The van der Waals surface area contributed by atoms with E-state index >= 15 is 8.78 Å². The van der Waals surface area contributed by atoms with Crippen molar-refractivity contribution in [3.05, 3.63) is 151 Å². The second-order valence-corrected chi connectivity index (χ2v) is 9.62. The average Bonchev–Trinajstić information content (AvgIpc) is 3.76. The highest BCUT2D eigenvalue weighted by atomic mass is 19.2. The predicted molar refractivity (Wildman–Crippen MR) is 128 cm³/mol. The Bertz CT molecular complexity index is 2000. The van der Waals surface area contributed by atoms with Gasteiger partial charge in [0.25, 0.3) is 0 Å². The van der Waals surface area contributed by atoms with Crippen LogP contribution in [0.1, 0.15) is 55.0 Å². The molecule has 48 heavy (non-hydrogen) atoms. The molecule has 0 aliphatic heterocycles. The molecular formula is C29H7F15N2O2. The van der Waals surface area contributed by atoms with Crippen molar-refractivity contribution < 1.29 is 75.4 Å². The van der Waals surface area contributed by atoms with Crippen LogP contribution in [-0.4, -0.2) is 21.5 Å². The molecule has 2 aromatic heterocycles. The summed E-state index contributed by atoms with van der Waals surface area (Å²) in [7, 11) is 0. The topological polar surface area (TPSA) is 65.7 Å². The molecule has 0 saturated carbocycles. The Hall–Kier alpha value is -5.49. The summed E-state index contributed by atoms with van der Waals surface area (Å²) in [6, 6.07) is 2.26. The van der Waals surface area contributed by atoms with E-state index in [1.165, 1.54) is 0 Å². The van der Waals surface area contributed by atoms with Crippen LogP contribution in [0.25, 0.3) is 0 Å². The molecule has 4 nitrogen and oxygen atoms in total. The minimum Gasteiger partial charge on any atom is -0.355 e. The maximum atomic E-state index is 15.0. The first-order valence-electron chi connectivity index (χ1n) is 12.4. The lowest BCUT2D eigenvalue weighted by molar-refractivity contribution is 0.101. The van der Waals surface area contributed by atoms with Gasteiger partial charge in [-0.15, -0.1) is 0 Å². The second-order valence-electron chi connectivity index (χ2n) is 9.62. The van der Waals surface area contributed by atoms with Gasteiger partial charge < -0.3 is 9.97 Å². The molecule has 2 N–H and O–H groups in total. The summed E-state index contributed by atoms with van der Waals surface area (Å²) in [6.45, 7) is 0. The van der Waals surface area contributed by atoms with Gasteiger partial charge in [-0.1, -0.05) is 0 Å². The first-order chi connectivity index (χ1) is 22.4. The summed E-state index contributed by atoms with van der Waals surface area (Å²) < 4.78 is 211. The molecule has 2 heterocycles. The Balaban J connectivity index is 1.70. The number of rotatable bonds is 7. The molecule has 0 radical (unpaired) electrons. The lowest BCUT2D eigenvalue weighted by Crippen LogP contribution is -2.17. The summed E-state index contributed by atoms with van der Waals surface area (Å²) in [5.74, 6) is -45.1. The van der Waals surface area contributed by atoms with Crippen LogP contribution >= 0.6 is 0 Å². The van der Waals surface area contributed by atoms with E-state index in [1.54, 1.807) is 0 Å². The molecule has 0 fully saturated rings. The molecule has 0 aliphatic carbocycles. The fourth-order valence-corrected chi connectivity index (χ4v) is 4.66. The summed E-state index contributed by atoms with van der Waals surface area (Å²) in [5.41, 5.74) is -9.69. The summed E-state index contributed by atoms with van der Waals surface area (Å²) in [5, 5.41) is 0. The lowest BCUT2D eigenvalue weighted by Gasteiger charge is -2.18.